The van der Waals surface area contributed by atoms with Crippen molar-refractivity contribution in [3.63, 3.8) is 0 Å². The number of benzene rings is 2. The van der Waals surface area contributed by atoms with Crippen LogP contribution in [0.1, 0.15) is 24.2 Å². The van der Waals surface area contributed by atoms with Crippen molar-refractivity contribution >= 4 is 40.8 Å². The van der Waals surface area contributed by atoms with Gasteiger partial charge < -0.3 is 25.4 Å². The second-order valence-electron chi connectivity index (χ2n) is 7.33. The molecule has 3 aromatic rings. The molecule has 2 heterocycles. The number of amides is 1. The molecule has 1 fully saturated rings. The number of aryl methyl sites for hydroxylation is 1. The van der Waals surface area contributed by atoms with Crippen molar-refractivity contribution in [3.05, 3.63) is 52.8 Å². The summed E-state index contributed by atoms with van der Waals surface area (Å²) in [6.07, 6.45) is 1.37. The van der Waals surface area contributed by atoms with Gasteiger partial charge in [-0.3, -0.25) is 4.79 Å². The molecule has 4 rings (SSSR count). The Bertz CT molecular complexity index is 1160. The number of nitrogens with one attached hydrogen (secondary N) is 1. The Morgan fingerprint density at radius 1 is 1.16 bits per heavy atom. The highest BCUT2D eigenvalue weighted by molar-refractivity contribution is 6.31. The molecule has 1 aliphatic heterocycles. The third-order valence-corrected chi connectivity index (χ3v) is 5.39. The number of methoxy groups -OCH3 is 1. The quantitative estimate of drug-likeness (QED) is 0.552. The maximum absolute atomic E-state index is 12.1. The molecule has 2 aromatic carbocycles. The van der Waals surface area contributed by atoms with E-state index >= 15 is 0 Å². The van der Waals surface area contributed by atoms with E-state index in [0.717, 1.165) is 23.4 Å². The summed E-state index contributed by atoms with van der Waals surface area (Å²) in [5.74, 6) is 1.89. The first-order chi connectivity index (χ1) is 15.4. The van der Waals surface area contributed by atoms with E-state index in [2.05, 4.69) is 20.3 Å². The highest BCUT2D eigenvalue weighted by Gasteiger charge is 2.23. The van der Waals surface area contributed by atoms with Crippen molar-refractivity contribution in [1.29, 1.82) is 0 Å². The first kappa shape index (κ1) is 21.6. The molecule has 9 nitrogen and oxygen atoms in total. The number of ether oxygens (including phenoxy) is 2. The molecule has 0 unspecified atom stereocenters. The molecule has 1 aliphatic rings. The third-order valence-electron chi connectivity index (χ3n) is 4.98. The number of carbonyl (C=O) groups excluding carboxylic acids is 1. The summed E-state index contributed by atoms with van der Waals surface area (Å²) in [7, 11) is 1.57. The summed E-state index contributed by atoms with van der Waals surface area (Å²) in [6, 6.07) is 10.9. The number of hydrogen-bond donors (Lipinski definition) is 2. The van der Waals surface area contributed by atoms with E-state index in [1.165, 1.54) is 0 Å². The number of nitrogen functional groups attached to an aromatic ring is 1. The fourth-order valence-electron chi connectivity index (χ4n) is 3.34. The Morgan fingerprint density at radius 2 is 1.97 bits per heavy atom. The number of anilines is 4. The zero-order valence-corrected chi connectivity index (χ0v) is 18.5. The first-order valence-electron chi connectivity index (χ1n) is 10.1. The predicted octanol–water partition coefficient (Wildman–Crippen LogP) is 3.87. The van der Waals surface area contributed by atoms with Crippen LogP contribution in [0.15, 0.2) is 36.4 Å². The van der Waals surface area contributed by atoms with E-state index in [1.807, 2.05) is 25.1 Å². The lowest BCUT2D eigenvalue weighted by molar-refractivity contribution is -0.117. The third kappa shape index (κ3) is 5.00. The van der Waals surface area contributed by atoms with Gasteiger partial charge in [0.15, 0.2) is 5.82 Å². The van der Waals surface area contributed by atoms with Crippen LogP contribution in [-0.2, 0) is 11.4 Å². The van der Waals surface area contributed by atoms with Gasteiger partial charge in [-0.1, -0.05) is 17.7 Å². The van der Waals surface area contributed by atoms with Gasteiger partial charge in [-0.25, -0.2) is 0 Å². The van der Waals surface area contributed by atoms with Crippen LogP contribution in [0, 0.1) is 6.92 Å². The van der Waals surface area contributed by atoms with Crippen molar-refractivity contribution in [1.82, 2.24) is 15.0 Å². The number of carbonyl (C=O) groups is 1. The molecule has 1 amide bonds. The number of rotatable bonds is 7. The highest BCUT2D eigenvalue weighted by atomic mass is 35.5. The average Bonchev–Trinajstić information content (AvgIpc) is 3.20. The summed E-state index contributed by atoms with van der Waals surface area (Å²) in [5, 5.41) is 3.70. The van der Waals surface area contributed by atoms with Crippen LogP contribution in [0.3, 0.4) is 0 Å². The monoisotopic (exact) mass is 454 g/mol. The lowest BCUT2D eigenvalue weighted by Crippen LogP contribution is -2.23. The predicted molar refractivity (Wildman–Crippen MR) is 123 cm³/mol. The normalized spacial score (nSPS) is 13.3. The fourth-order valence-corrected chi connectivity index (χ4v) is 3.52. The molecule has 1 saturated heterocycles. The van der Waals surface area contributed by atoms with Gasteiger partial charge in [0.1, 0.15) is 18.1 Å². The van der Waals surface area contributed by atoms with Crippen molar-refractivity contribution in [2.45, 2.75) is 26.4 Å². The minimum absolute atomic E-state index is 0.0522. The van der Waals surface area contributed by atoms with E-state index < -0.39 is 0 Å². The van der Waals surface area contributed by atoms with Crippen LogP contribution in [0.25, 0.3) is 0 Å². The van der Waals surface area contributed by atoms with Crippen molar-refractivity contribution in [3.8, 4) is 11.5 Å². The maximum atomic E-state index is 12.1. The SMILES string of the molecule is COc1cc(OCc2nc(N)nc(Nc3ccc(C)c(Cl)c3)n2)cc(N2CCCC2=O)c1. The topological polar surface area (TPSA) is 115 Å². The fraction of sp³-hybridized carbons (Fsp3) is 0.273. The van der Waals surface area contributed by atoms with E-state index in [4.69, 9.17) is 26.8 Å². The van der Waals surface area contributed by atoms with Crippen LogP contribution in [0.2, 0.25) is 5.02 Å². The molecule has 0 atom stereocenters. The van der Waals surface area contributed by atoms with Crippen molar-refractivity contribution in [2.24, 2.45) is 0 Å². The molecule has 166 valence electrons. The molecule has 0 saturated carbocycles. The first-order valence-corrected chi connectivity index (χ1v) is 10.4. The van der Waals surface area contributed by atoms with Gasteiger partial charge in [0.2, 0.25) is 17.8 Å². The molecule has 0 radical (unpaired) electrons. The van der Waals surface area contributed by atoms with E-state index in [9.17, 15) is 4.79 Å². The zero-order chi connectivity index (χ0) is 22.7. The van der Waals surface area contributed by atoms with Gasteiger partial charge in [0, 0.05) is 41.9 Å². The smallest absolute Gasteiger partial charge is 0.232 e. The largest absolute Gasteiger partial charge is 0.497 e. The van der Waals surface area contributed by atoms with Gasteiger partial charge in [-0.05, 0) is 31.0 Å². The molecule has 0 bridgehead atoms. The summed E-state index contributed by atoms with van der Waals surface area (Å²) in [4.78, 5) is 26.5. The molecule has 3 N–H and O–H groups in total. The Morgan fingerprint density at radius 3 is 2.69 bits per heavy atom. The molecule has 0 aliphatic carbocycles. The Labute approximate surface area is 190 Å². The minimum Gasteiger partial charge on any atom is -0.497 e. The molecular weight excluding hydrogens is 432 g/mol. The maximum Gasteiger partial charge on any atom is 0.232 e. The average molecular weight is 455 g/mol. The minimum atomic E-state index is 0.0522. The number of nitrogens with two attached hydrogens (primary N) is 1. The summed E-state index contributed by atoms with van der Waals surface area (Å²) in [6.45, 7) is 2.65. The number of hydrogen-bond acceptors (Lipinski definition) is 8. The van der Waals surface area contributed by atoms with Crippen molar-refractivity contribution in [2.75, 3.05) is 29.6 Å². The van der Waals surface area contributed by atoms with Crippen LogP contribution >= 0.6 is 11.6 Å². The second kappa shape index (κ2) is 9.27. The number of halogens is 1. The molecule has 0 spiro atoms. The van der Waals surface area contributed by atoms with Crippen LogP contribution in [-0.4, -0.2) is 34.5 Å². The van der Waals surface area contributed by atoms with Crippen LogP contribution in [0.4, 0.5) is 23.3 Å². The molecule has 10 heteroatoms. The van der Waals surface area contributed by atoms with E-state index in [-0.39, 0.29) is 24.4 Å². The lowest BCUT2D eigenvalue weighted by Gasteiger charge is -2.18. The van der Waals surface area contributed by atoms with Gasteiger partial charge >= 0.3 is 0 Å². The number of nitrogens with zero attached hydrogens (tertiary/aromatic N) is 4. The van der Waals surface area contributed by atoms with Crippen molar-refractivity contribution < 1.29 is 14.3 Å². The van der Waals surface area contributed by atoms with Gasteiger partial charge in [0.25, 0.3) is 0 Å². The summed E-state index contributed by atoms with van der Waals surface area (Å²) in [5.41, 5.74) is 8.28. The van der Waals surface area contributed by atoms with Gasteiger partial charge in [0.05, 0.1) is 12.8 Å². The Hall–Kier alpha value is -3.59. The van der Waals surface area contributed by atoms with Crippen LogP contribution in [0.5, 0.6) is 11.5 Å². The van der Waals surface area contributed by atoms with E-state index in [0.29, 0.717) is 35.3 Å². The molecular formula is C22H23ClN6O3. The van der Waals surface area contributed by atoms with Gasteiger partial charge in [-0.15, -0.1) is 0 Å². The molecule has 1 aromatic heterocycles. The summed E-state index contributed by atoms with van der Waals surface area (Å²) < 4.78 is 11.3. The summed E-state index contributed by atoms with van der Waals surface area (Å²) >= 11 is 6.18. The number of aromatic nitrogens is 3. The van der Waals surface area contributed by atoms with Crippen LogP contribution < -0.4 is 25.4 Å². The molecule has 32 heavy (non-hydrogen) atoms. The Balaban J connectivity index is 1.51. The lowest BCUT2D eigenvalue weighted by atomic mass is 10.2. The van der Waals surface area contributed by atoms with Gasteiger partial charge in [-0.2, -0.15) is 15.0 Å². The highest BCUT2D eigenvalue weighted by Crippen LogP contribution is 2.31. The van der Waals surface area contributed by atoms with E-state index in [1.54, 1.807) is 30.2 Å². The standard InChI is InChI=1S/C22H23ClN6O3/c1-13-5-6-14(8-18(13)23)25-22-27-19(26-21(24)28-22)12-32-17-10-15(9-16(11-17)31-2)29-7-3-4-20(29)30/h5-6,8-11H,3-4,7,12H2,1-2H3,(H3,24,25,26,27,28). The zero-order valence-electron chi connectivity index (χ0n) is 17.8. The second-order valence-corrected chi connectivity index (χ2v) is 7.73. The Kier molecular flexibility index (Phi) is 6.27.